The van der Waals surface area contributed by atoms with Gasteiger partial charge in [0.05, 0.1) is 18.8 Å². The van der Waals surface area contributed by atoms with Crippen LogP contribution in [0, 0.1) is 16.7 Å². The summed E-state index contributed by atoms with van der Waals surface area (Å²) >= 11 is 0. The van der Waals surface area contributed by atoms with E-state index in [0.717, 1.165) is 13.2 Å². The number of nitrogens with one attached hydrogen (secondary N) is 1. The Morgan fingerprint density at radius 2 is 2.00 bits per heavy atom. The molecule has 0 unspecified atom stereocenters. The molecule has 0 aromatic heterocycles. The second-order valence-electron chi connectivity index (χ2n) is 5.68. The van der Waals surface area contributed by atoms with Gasteiger partial charge in [-0.15, -0.1) is 0 Å². The van der Waals surface area contributed by atoms with Gasteiger partial charge >= 0.3 is 0 Å². The van der Waals surface area contributed by atoms with Crippen molar-refractivity contribution in [1.82, 2.24) is 5.32 Å². The molecule has 0 spiro atoms. The van der Waals surface area contributed by atoms with Crippen molar-refractivity contribution in [2.24, 2.45) is 5.41 Å². The van der Waals surface area contributed by atoms with Gasteiger partial charge in [0.25, 0.3) is 0 Å². The maximum absolute atomic E-state index is 8.76. The van der Waals surface area contributed by atoms with Crippen LogP contribution in [-0.2, 0) is 4.74 Å². The van der Waals surface area contributed by atoms with E-state index >= 15 is 0 Å². The molecule has 2 rings (SSSR count). The molecular weight excluding hydrogens is 212 g/mol. The Morgan fingerprint density at radius 3 is 2.53 bits per heavy atom. The van der Waals surface area contributed by atoms with Crippen LogP contribution < -0.4 is 5.32 Å². The standard InChI is InChI=1S/C14H24N2O/c1-2-16-12-3-5-13(6-4-12)17-11-14(7-8-14)9-10-15/h12-13,16H,2-9,11H2,1H3. The molecule has 0 heterocycles. The van der Waals surface area contributed by atoms with Gasteiger partial charge in [-0.25, -0.2) is 0 Å². The molecule has 3 nitrogen and oxygen atoms in total. The van der Waals surface area contributed by atoms with Crippen LogP contribution >= 0.6 is 0 Å². The van der Waals surface area contributed by atoms with Gasteiger partial charge in [0.1, 0.15) is 0 Å². The zero-order chi connectivity index (χ0) is 12.1. The fourth-order valence-electron chi connectivity index (χ4n) is 2.73. The molecule has 2 saturated carbocycles. The van der Waals surface area contributed by atoms with Crippen LogP contribution in [0.5, 0.6) is 0 Å². The van der Waals surface area contributed by atoms with Gasteiger partial charge in [-0.1, -0.05) is 6.92 Å². The van der Waals surface area contributed by atoms with E-state index in [1.54, 1.807) is 0 Å². The molecule has 2 aliphatic carbocycles. The van der Waals surface area contributed by atoms with Gasteiger partial charge in [-0.05, 0) is 45.1 Å². The van der Waals surface area contributed by atoms with E-state index < -0.39 is 0 Å². The molecule has 2 aliphatic rings. The molecule has 0 radical (unpaired) electrons. The Hall–Kier alpha value is -0.590. The Bertz CT molecular complexity index is 272. The van der Waals surface area contributed by atoms with Gasteiger partial charge in [0, 0.05) is 17.9 Å². The maximum atomic E-state index is 8.76. The highest BCUT2D eigenvalue weighted by Crippen LogP contribution is 2.49. The third-order valence-corrected chi connectivity index (χ3v) is 4.20. The molecular formula is C14H24N2O. The van der Waals surface area contributed by atoms with Crippen LogP contribution in [0.15, 0.2) is 0 Å². The third kappa shape index (κ3) is 3.69. The van der Waals surface area contributed by atoms with Crippen molar-refractivity contribution in [3.05, 3.63) is 0 Å². The molecule has 96 valence electrons. The first kappa shape index (κ1) is 12.9. The highest BCUT2D eigenvalue weighted by Gasteiger charge is 2.43. The molecule has 0 aliphatic heterocycles. The molecule has 0 bridgehead atoms. The Kier molecular flexibility index (Phi) is 4.42. The fourth-order valence-corrected chi connectivity index (χ4v) is 2.73. The average Bonchev–Trinajstić information content (AvgIpc) is 3.10. The topological polar surface area (TPSA) is 45.0 Å². The normalized spacial score (nSPS) is 30.8. The summed E-state index contributed by atoms with van der Waals surface area (Å²) in [6.45, 7) is 4.06. The van der Waals surface area contributed by atoms with Crippen molar-refractivity contribution in [1.29, 1.82) is 5.26 Å². The van der Waals surface area contributed by atoms with Crippen LogP contribution in [0.25, 0.3) is 0 Å². The van der Waals surface area contributed by atoms with Crippen LogP contribution in [0.3, 0.4) is 0 Å². The lowest BCUT2D eigenvalue weighted by molar-refractivity contribution is -0.00189. The third-order valence-electron chi connectivity index (χ3n) is 4.20. The lowest BCUT2D eigenvalue weighted by Crippen LogP contribution is -2.35. The predicted octanol–water partition coefficient (Wildman–Crippen LogP) is 2.62. The average molecular weight is 236 g/mol. The highest BCUT2D eigenvalue weighted by atomic mass is 16.5. The second kappa shape index (κ2) is 5.84. The minimum Gasteiger partial charge on any atom is -0.378 e. The molecule has 0 aromatic carbocycles. The Labute approximate surface area is 105 Å². The van der Waals surface area contributed by atoms with Gasteiger partial charge in [0.2, 0.25) is 0 Å². The smallest absolute Gasteiger partial charge is 0.0628 e. The molecule has 0 atom stereocenters. The molecule has 1 N–H and O–H groups in total. The summed E-state index contributed by atoms with van der Waals surface area (Å²) < 4.78 is 6.01. The zero-order valence-electron chi connectivity index (χ0n) is 10.9. The first-order chi connectivity index (χ1) is 8.28. The quantitative estimate of drug-likeness (QED) is 0.771. The van der Waals surface area contributed by atoms with Gasteiger partial charge < -0.3 is 10.1 Å². The van der Waals surface area contributed by atoms with E-state index in [9.17, 15) is 0 Å². The number of nitriles is 1. The molecule has 3 heteroatoms. The first-order valence-corrected chi connectivity index (χ1v) is 7.00. The molecule has 0 saturated heterocycles. The van der Waals surface area contributed by atoms with E-state index in [4.69, 9.17) is 10.00 Å². The second-order valence-corrected chi connectivity index (χ2v) is 5.68. The van der Waals surface area contributed by atoms with Crippen molar-refractivity contribution in [3.8, 4) is 6.07 Å². The first-order valence-electron chi connectivity index (χ1n) is 7.00. The van der Waals surface area contributed by atoms with Gasteiger partial charge in [-0.2, -0.15) is 5.26 Å². The summed E-state index contributed by atoms with van der Waals surface area (Å²) in [5, 5.41) is 12.3. The lowest BCUT2D eigenvalue weighted by atomic mass is 9.92. The van der Waals surface area contributed by atoms with E-state index in [1.807, 2.05) is 0 Å². The Morgan fingerprint density at radius 1 is 1.29 bits per heavy atom. The summed E-state index contributed by atoms with van der Waals surface area (Å²) in [5.41, 5.74) is 0.243. The zero-order valence-corrected chi connectivity index (χ0v) is 10.9. The molecule has 0 amide bonds. The number of rotatable bonds is 6. The minimum absolute atomic E-state index is 0.243. The maximum Gasteiger partial charge on any atom is 0.0628 e. The summed E-state index contributed by atoms with van der Waals surface area (Å²) in [7, 11) is 0. The van der Waals surface area contributed by atoms with Crippen molar-refractivity contribution in [3.63, 3.8) is 0 Å². The predicted molar refractivity (Wildman–Crippen MR) is 67.6 cm³/mol. The van der Waals surface area contributed by atoms with Crippen molar-refractivity contribution in [2.45, 2.75) is 64.0 Å². The number of ether oxygens (including phenoxy) is 1. The van der Waals surface area contributed by atoms with E-state index in [0.29, 0.717) is 18.6 Å². The van der Waals surface area contributed by atoms with E-state index in [1.165, 1.54) is 38.5 Å². The van der Waals surface area contributed by atoms with Gasteiger partial charge in [0.15, 0.2) is 0 Å². The minimum atomic E-state index is 0.243. The summed E-state index contributed by atoms with van der Waals surface area (Å²) in [4.78, 5) is 0. The van der Waals surface area contributed by atoms with Crippen LogP contribution in [0.4, 0.5) is 0 Å². The van der Waals surface area contributed by atoms with Crippen LogP contribution in [0.1, 0.15) is 51.9 Å². The number of hydrogen-bond donors (Lipinski definition) is 1. The van der Waals surface area contributed by atoms with E-state index in [-0.39, 0.29) is 5.41 Å². The number of nitrogens with zero attached hydrogens (tertiary/aromatic N) is 1. The SMILES string of the molecule is CCNC1CCC(OCC2(CC#N)CC2)CC1. The molecule has 0 aromatic rings. The van der Waals surface area contributed by atoms with Crippen LogP contribution in [-0.4, -0.2) is 25.3 Å². The monoisotopic (exact) mass is 236 g/mol. The molecule has 17 heavy (non-hydrogen) atoms. The fraction of sp³-hybridized carbons (Fsp3) is 0.929. The van der Waals surface area contributed by atoms with Crippen LogP contribution in [0.2, 0.25) is 0 Å². The Balaban J connectivity index is 1.64. The summed E-state index contributed by atoms with van der Waals surface area (Å²) in [6.07, 6.45) is 8.34. The summed E-state index contributed by atoms with van der Waals surface area (Å²) in [6, 6.07) is 2.99. The van der Waals surface area contributed by atoms with Crippen molar-refractivity contribution in [2.75, 3.05) is 13.2 Å². The van der Waals surface area contributed by atoms with E-state index in [2.05, 4.69) is 18.3 Å². The summed E-state index contributed by atoms with van der Waals surface area (Å²) in [5.74, 6) is 0. The largest absolute Gasteiger partial charge is 0.378 e. The highest BCUT2D eigenvalue weighted by molar-refractivity contribution is 4.99. The van der Waals surface area contributed by atoms with Crippen molar-refractivity contribution >= 4 is 0 Å². The lowest BCUT2D eigenvalue weighted by Gasteiger charge is -2.30. The van der Waals surface area contributed by atoms with Crippen molar-refractivity contribution < 1.29 is 4.74 Å². The molecule has 2 fully saturated rings. The number of hydrogen-bond acceptors (Lipinski definition) is 3. The van der Waals surface area contributed by atoms with Gasteiger partial charge in [-0.3, -0.25) is 0 Å².